The molecule has 0 amide bonds. The fourth-order valence-electron chi connectivity index (χ4n) is 2.03. The summed E-state index contributed by atoms with van der Waals surface area (Å²) in [5, 5.41) is 3.30. The third-order valence-electron chi connectivity index (χ3n) is 3.25. The molecule has 0 saturated carbocycles. The summed E-state index contributed by atoms with van der Waals surface area (Å²) in [7, 11) is 0. The van der Waals surface area contributed by atoms with Crippen LogP contribution < -0.4 is 5.32 Å². The average molecular weight is 297 g/mol. The smallest absolute Gasteiger partial charge is 0.416 e. The normalized spacial score (nSPS) is 13.4. The largest absolute Gasteiger partial charge is 0.459 e. The Hall–Kier alpha value is -1.75. The van der Waals surface area contributed by atoms with Crippen LogP contribution in [0.15, 0.2) is 40.8 Å². The molecule has 1 aromatic carbocycles. The lowest BCUT2D eigenvalue weighted by atomic mass is 10.1. The SMILES string of the molecule is CCCNC(C)c1ccc(-c2ccc(C(F)(F)F)cc2)o1. The van der Waals surface area contributed by atoms with E-state index in [4.69, 9.17) is 4.42 Å². The molecule has 1 unspecified atom stereocenters. The predicted octanol–water partition coefficient (Wildman–Crippen LogP) is 5.03. The quantitative estimate of drug-likeness (QED) is 0.837. The molecule has 0 bridgehead atoms. The second-order valence-corrected chi connectivity index (χ2v) is 4.95. The molecule has 0 aliphatic rings. The molecular weight excluding hydrogens is 279 g/mol. The van der Waals surface area contributed by atoms with E-state index in [1.54, 1.807) is 6.07 Å². The first-order valence-electron chi connectivity index (χ1n) is 6.92. The first-order valence-corrected chi connectivity index (χ1v) is 6.92. The zero-order chi connectivity index (χ0) is 15.5. The van der Waals surface area contributed by atoms with Crippen LogP contribution in [-0.2, 0) is 6.18 Å². The van der Waals surface area contributed by atoms with Crippen LogP contribution in [0.5, 0.6) is 0 Å². The van der Waals surface area contributed by atoms with Gasteiger partial charge in [0.25, 0.3) is 0 Å². The van der Waals surface area contributed by atoms with E-state index in [1.165, 1.54) is 12.1 Å². The number of halogens is 3. The molecule has 0 aliphatic carbocycles. The first-order chi connectivity index (χ1) is 9.91. The Balaban J connectivity index is 2.14. The van der Waals surface area contributed by atoms with Crippen molar-refractivity contribution in [3.05, 3.63) is 47.7 Å². The summed E-state index contributed by atoms with van der Waals surface area (Å²) < 4.78 is 43.3. The first kappa shape index (κ1) is 15.6. The van der Waals surface area contributed by atoms with Crippen molar-refractivity contribution in [3.8, 4) is 11.3 Å². The van der Waals surface area contributed by atoms with E-state index in [2.05, 4.69) is 12.2 Å². The van der Waals surface area contributed by atoms with E-state index < -0.39 is 11.7 Å². The maximum absolute atomic E-state index is 12.5. The molecule has 1 atom stereocenters. The fourth-order valence-corrected chi connectivity index (χ4v) is 2.03. The van der Waals surface area contributed by atoms with Crippen LogP contribution in [0, 0.1) is 0 Å². The van der Waals surface area contributed by atoms with Crippen molar-refractivity contribution in [2.24, 2.45) is 0 Å². The Kier molecular flexibility index (Phi) is 4.73. The lowest BCUT2D eigenvalue weighted by Gasteiger charge is -2.10. The standard InChI is InChI=1S/C16H18F3NO/c1-3-10-20-11(2)14-8-9-15(21-14)12-4-6-13(7-5-12)16(17,18)19/h4-9,11,20H,3,10H2,1-2H3. The van der Waals surface area contributed by atoms with Gasteiger partial charge in [-0.15, -0.1) is 0 Å². The van der Waals surface area contributed by atoms with Gasteiger partial charge in [0, 0.05) is 5.56 Å². The molecule has 0 spiro atoms. The maximum atomic E-state index is 12.5. The molecule has 2 nitrogen and oxygen atoms in total. The molecule has 1 heterocycles. The predicted molar refractivity (Wildman–Crippen MR) is 75.9 cm³/mol. The minimum atomic E-state index is -4.31. The number of nitrogens with one attached hydrogen (secondary N) is 1. The summed E-state index contributed by atoms with van der Waals surface area (Å²) in [4.78, 5) is 0. The zero-order valence-electron chi connectivity index (χ0n) is 12.0. The highest BCUT2D eigenvalue weighted by molar-refractivity contribution is 5.58. The molecule has 1 N–H and O–H groups in total. The van der Waals surface area contributed by atoms with E-state index in [9.17, 15) is 13.2 Å². The van der Waals surface area contributed by atoms with E-state index >= 15 is 0 Å². The summed E-state index contributed by atoms with van der Waals surface area (Å²) in [6.45, 7) is 4.96. The summed E-state index contributed by atoms with van der Waals surface area (Å²) in [6.07, 6.45) is -3.29. The van der Waals surface area contributed by atoms with E-state index in [0.29, 0.717) is 11.3 Å². The minimum absolute atomic E-state index is 0.0770. The van der Waals surface area contributed by atoms with Crippen LogP contribution in [0.2, 0.25) is 0 Å². The summed E-state index contributed by atoms with van der Waals surface area (Å²) in [5.74, 6) is 1.35. The van der Waals surface area contributed by atoms with Crippen LogP contribution >= 0.6 is 0 Å². The fraction of sp³-hybridized carbons (Fsp3) is 0.375. The molecule has 0 saturated heterocycles. The lowest BCUT2D eigenvalue weighted by molar-refractivity contribution is -0.137. The Morgan fingerprint density at radius 3 is 2.33 bits per heavy atom. The van der Waals surface area contributed by atoms with Gasteiger partial charge in [0.1, 0.15) is 11.5 Å². The average Bonchev–Trinajstić information content (AvgIpc) is 2.94. The summed E-state index contributed by atoms with van der Waals surface area (Å²) in [5.41, 5.74) is -0.0204. The molecule has 0 aliphatic heterocycles. The number of hydrogen-bond donors (Lipinski definition) is 1. The molecule has 21 heavy (non-hydrogen) atoms. The van der Waals surface area contributed by atoms with Gasteiger partial charge in [-0.2, -0.15) is 13.2 Å². The second kappa shape index (κ2) is 6.35. The van der Waals surface area contributed by atoms with Gasteiger partial charge >= 0.3 is 6.18 Å². The Morgan fingerprint density at radius 2 is 1.76 bits per heavy atom. The topological polar surface area (TPSA) is 25.2 Å². The number of furan rings is 1. The molecule has 114 valence electrons. The minimum Gasteiger partial charge on any atom is -0.459 e. The van der Waals surface area contributed by atoms with Gasteiger partial charge in [0.15, 0.2) is 0 Å². The van der Waals surface area contributed by atoms with Gasteiger partial charge in [0.05, 0.1) is 11.6 Å². The van der Waals surface area contributed by atoms with Crippen LogP contribution in [0.4, 0.5) is 13.2 Å². The van der Waals surface area contributed by atoms with Gasteiger partial charge in [-0.05, 0) is 44.2 Å². The van der Waals surface area contributed by atoms with Gasteiger partial charge in [-0.1, -0.05) is 19.1 Å². The van der Waals surface area contributed by atoms with Crippen molar-refractivity contribution < 1.29 is 17.6 Å². The highest BCUT2D eigenvalue weighted by Gasteiger charge is 2.30. The third-order valence-corrected chi connectivity index (χ3v) is 3.25. The van der Waals surface area contributed by atoms with Crippen molar-refractivity contribution >= 4 is 0 Å². The van der Waals surface area contributed by atoms with Crippen LogP contribution in [0.1, 0.15) is 37.6 Å². The van der Waals surface area contributed by atoms with Gasteiger partial charge in [0.2, 0.25) is 0 Å². The molecular formula is C16H18F3NO. The third kappa shape index (κ3) is 3.88. The van der Waals surface area contributed by atoms with Crippen molar-refractivity contribution in [3.63, 3.8) is 0 Å². The van der Waals surface area contributed by atoms with Crippen molar-refractivity contribution in [2.75, 3.05) is 6.54 Å². The number of alkyl halides is 3. The Morgan fingerprint density at radius 1 is 1.10 bits per heavy atom. The van der Waals surface area contributed by atoms with Crippen molar-refractivity contribution in [1.29, 1.82) is 0 Å². The van der Waals surface area contributed by atoms with Gasteiger partial charge in [-0.25, -0.2) is 0 Å². The zero-order valence-corrected chi connectivity index (χ0v) is 12.0. The second-order valence-electron chi connectivity index (χ2n) is 4.95. The monoisotopic (exact) mass is 297 g/mol. The highest BCUT2D eigenvalue weighted by atomic mass is 19.4. The van der Waals surface area contributed by atoms with Crippen LogP contribution in [0.3, 0.4) is 0 Å². The van der Waals surface area contributed by atoms with Crippen molar-refractivity contribution in [2.45, 2.75) is 32.5 Å². The molecule has 1 aromatic heterocycles. The Bertz CT molecular complexity index is 572. The van der Waals surface area contributed by atoms with E-state index in [-0.39, 0.29) is 6.04 Å². The number of benzene rings is 1. The molecule has 5 heteroatoms. The maximum Gasteiger partial charge on any atom is 0.416 e. The van der Waals surface area contributed by atoms with Crippen LogP contribution in [-0.4, -0.2) is 6.54 Å². The Labute approximate surface area is 122 Å². The summed E-state index contributed by atoms with van der Waals surface area (Å²) in [6, 6.07) is 8.69. The van der Waals surface area contributed by atoms with E-state index in [1.807, 2.05) is 13.0 Å². The lowest BCUT2D eigenvalue weighted by Crippen LogP contribution is -2.18. The molecule has 2 aromatic rings. The molecule has 0 radical (unpaired) electrons. The van der Waals surface area contributed by atoms with E-state index in [0.717, 1.165) is 30.9 Å². The summed E-state index contributed by atoms with van der Waals surface area (Å²) >= 11 is 0. The van der Waals surface area contributed by atoms with Crippen molar-refractivity contribution in [1.82, 2.24) is 5.32 Å². The highest BCUT2D eigenvalue weighted by Crippen LogP contribution is 2.31. The molecule has 2 rings (SSSR count). The van der Waals surface area contributed by atoms with Gasteiger partial charge < -0.3 is 9.73 Å². The number of hydrogen-bond acceptors (Lipinski definition) is 2. The van der Waals surface area contributed by atoms with Gasteiger partial charge in [-0.3, -0.25) is 0 Å². The molecule has 0 fully saturated rings. The number of rotatable bonds is 5. The van der Waals surface area contributed by atoms with Crippen LogP contribution in [0.25, 0.3) is 11.3 Å².